The number of nitrogens with zero attached hydrogens (tertiary/aromatic N) is 1. The van der Waals surface area contributed by atoms with Gasteiger partial charge in [0.15, 0.2) is 17.5 Å². The summed E-state index contributed by atoms with van der Waals surface area (Å²) in [6.07, 6.45) is 0.749. The number of benzene rings is 1. The lowest BCUT2D eigenvalue weighted by molar-refractivity contribution is -0.121. The van der Waals surface area contributed by atoms with Crippen molar-refractivity contribution >= 4 is 22.9 Å². The minimum Gasteiger partial charge on any atom is -0.297 e. The summed E-state index contributed by atoms with van der Waals surface area (Å²) < 4.78 is 0. The van der Waals surface area contributed by atoms with Gasteiger partial charge in [-0.1, -0.05) is 30.3 Å². The first-order valence-electron chi connectivity index (χ1n) is 7.20. The van der Waals surface area contributed by atoms with Gasteiger partial charge in [-0.2, -0.15) is 5.26 Å². The molecular weight excluding hydrogens is 294 g/mol. The third-order valence-electron chi connectivity index (χ3n) is 4.02. The third-order valence-corrected chi connectivity index (χ3v) is 5.15. The average Bonchev–Trinajstić information content (AvgIpc) is 3.23. The predicted octanol–water partition coefficient (Wildman–Crippen LogP) is 3.75. The van der Waals surface area contributed by atoms with Crippen LogP contribution in [-0.2, 0) is 4.79 Å². The van der Waals surface area contributed by atoms with Crippen molar-refractivity contribution in [1.82, 2.24) is 0 Å². The van der Waals surface area contributed by atoms with E-state index in [4.69, 9.17) is 0 Å². The average molecular weight is 309 g/mol. The third kappa shape index (κ3) is 2.72. The molecule has 3 rings (SSSR count). The number of rotatable bonds is 5. The highest BCUT2D eigenvalue weighted by Crippen LogP contribution is 2.51. The molecular formula is C18H15NO2S. The Morgan fingerprint density at radius 2 is 1.95 bits per heavy atom. The molecule has 1 aliphatic carbocycles. The van der Waals surface area contributed by atoms with Gasteiger partial charge in [0, 0.05) is 27.2 Å². The normalized spacial score (nSPS) is 20.9. The Morgan fingerprint density at radius 3 is 2.55 bits per heavy atom. The summed E-state index contributed by atoms with van der Waals surface area (Å²) in [7, 11) is 0. The summed E-state index contributed by atoms with van der Waals surface area (Å²) in [6, 6.07) is 14.5. The highest BCUT2D eigenvalue weighted by molar-refractivity contribution is 7.12. The van der Waals surface area contributed by atoms with Crippen LogP contribution in [0.2, 0.25) is 0 Å². The molecule has 3 nitrogen and oxygen atoms in total. The summed E-state index contributed by atoms with van der Waals surface area (Å²) in [6.45, 7) is 2.03. The van der Waals surface area contributed by atoms with E-state index in [-0.39, 0.29) is 23.4 Å². The lowest BCUT2D eigenvalue weighted by atomic mass is 9.92. The van der Waals surface area contributed by atoms with Crippen molar-refractivity contribution in [2.75, 3.05) is 0 Å². The molecule has 0 unspecified atom stereocenters. The number of hydrogen-bond acceptors (Lipinski definition) is 4. The van der Waals surface area contributed by atoms with E-state index in [1.165, 1.54) is 9.75 Å². The van der Waals surface area contributed by atoms with E-state index in [1.54, 1.807) is 41.7 Å². The first-order chi connectivity index (χ1) is 10.6. The molecule has 4 heteroatoms. The maximum Gasteiger partial charge on any atom is 0.187 e. The van der Waals surface area contributed by atoms with Crippen molar-refractivity contribution in [2.45, 2.75) is 19.3 Å². The summed E-state index contributed by atoms with van der Waals surface area (Å²) in [4.78, 5) is 27.3. The minimum absolute atomic E-state index is 0.185. The van der Waals surface area contributed by atoms with Gasteiger partial charge in [0.05, 0.1) is 6.07 Å². The highest BCUT2D eigenvalue weighted by Gasteiger charge is 2.48. The zero-order valence-corrected chi connectivity index (χ0v) is 13.0. The van der Waals surface area contributed by atoms with Crippen molar-refractivity contribution in [1.29, 1.82) is 5.26 Å². The number of Topliss-reactive ketones (excluding diaryl/α,β-unsaturated/α-hetero) is 2. The van der Waals surface area contributed by atoms with Gasteiger partial charge in [-0.15, -0.1) is 11.3 Å². The zero-order chi connectivity index (χ0) is 15.7. The van der Waals surface area contributed by atoms with E-state index in [0.29, 0.717) is 5.56 Å². The van der Waals surface area contributed by atoms with Crippen molar-refractivity contribution in [3.63, 3.8) is 0 Å². The van der Waals surface area contributed by atoms with E-state index < -0.39 is 5.92 Å². The van der Waals surface area contributed by atoms with E-state index in [1.807, 2.05) is 25.1 Å². The Hall–Kier alpha value is -2.25. The monoisotopic (exact) mass is 309 g/mol. The molecule has 1 aliphatic rings. The van der Waals surface area contributed by atoms with E-state index in [0.717, 1.165) is 6.42 Å². The molecule has 0 bridgehead atoms. The molecule has 1 aromatic carbocycles. The number of thiophene rings is 1. The van der Waals surface area contributed by atoms with Crippen LogP contribution in [0.3, 0.4) is 0 Å². The predicted molar refractivity (Wildman–Crippen MR) is 84.8 cm³/mol. The van der Waals surface area contributed by atoms with E-state index in [2.05, 4.69) is 0 Å². The second kappa shape index (κ2) is 5.86. The number of nitriles is 1. The van der Waals surface area contributed by atoms with Crippen LogP contribution in [0.1, 0.15) is 32.5 Å². The Labute approximate surface area is 133 Å². The molecule has 1 heterocycles. The molecule has 1 fully saturated rings. The molecule has 0 aliphatic heterocycles. The maximum atomic E-state index is 12.5. The fourth-order valence-corrected chi connectivity index (χ4v) is 3.77. The molecule has 3 atom stereocenters. The van der Waals surface area contributed by atoms with Crippen molar-refractivity contribution in [3.05, 3.63) is 57.8 Å². The summed E-state index contributed by atoms with van der Waals surface area (Å²) in [5, 5.41) is 9.28. The Bertz CT molecular complexity index is 757. The quantitative estimate of drug-likeness (QED) is 0.624. The van der Waals surface area contributed by atoms with E-state index in [9.17, 15) is 14.9 Å². The fourth-order valence-electron chi connectivity index (χ4n) is 2.71. The van der Waals surface area contributed by atoms with Crippen LogP contribution >= 0.6 is 11.3 Å². The van der Waals surface area contributed by atoms with Crippen LogP contribution in [0.4, 0.5) is 0 Å². The fraction of sp³-hybridized carbons (Fsp3) is 0.278. The largest absolute Gasteiger partial charge is 0.297 e. The zero-order valence-electron chi connectivity index (χ0n) is 12.2. The molecule has 0 saturated heterocycles. The maximum absolute atomic E-state index is 12.5. The first kappa shape index (κ1) is 14.7. The molecule has 110 valence electrons. The van der Waals surface area contributed by atoms with Crippen LogP contribution in [0, 0.1) is 30.1 Å². The molecule has 1 saturated carbocycles. The minimum atomic E-state index is -1.18. The van der Waals surface area contributed by atoms with Crippen molar-refractivity contribution < 1.29 is 9.59 Å². The number of carbonyl (C=O) groups is 2. The van der Waals surface area contributed by atoms with Gasteiger partial charge in [-0.25, -0.2) is 0 Å². The number of ketones is 2. The number of hydrogen-bond donors (Lipinski definition) is 0. The van der Waals surface area contributed by atoms with Gasteiger partial charge in [0.1, 0.15) is 0 Å². The van der Waals surface area contributed by atoms with Crippen LogP contribution in [0.15, 0.2) is 42.5 Å². The lowest BCUT2D eigenvalue weighted by Crippen LogP contribution is -2.24. The summed E-state index contributed by atoms with van der Waals surface area (Å²) in [5.41, 5.74) is 0.423. The second-order valence-electron chi connectivity index (χ2n) is 5.59. The van der Waals surface area contributed by atoms with Crippen molar-refractivity contribution in [2.24, 2.45) is 11.8 Å². The van der Waals surface area contributed by atoms with Gasteiger partial charge in [0.25, 0.3) is 0 Å². The Balaban J connectivity index is 1.74. The SMILES string of the molecule is Cc1ccc([C@@H]2C[C@@H]2C(=O)[C@H](C#N)C(=O)c2ccccc2)s1. The number of carbonyl (C=O) groups excluding carboxylic acids is 2. The molecule has 2 aromatic rings. The van der Waals surface area contributed by atoms with Gasteiger partial charge in [-0.3, -0.25) is 9.59 Å². The molecule has 0 N–H and O–H groups in total. The van der Waals surface area contributed by atoms with Crippen LogP contribution in [-0.4, -0.2) is 11.6 Å². The number of aryl methyl sites for hydroxylation is 1. The van der Waals surface area contributed by atoms with Gasteiger partial charge < -0.3 is 0 Å². The smallest absolute Gasteiger partial charge is 0.187 e. The van der Waals surface area contributed by atoms with Crippen LogP contribution in [0.25, 0.3) is 0 Å². The first-order valence-corrected chi connectivity index (χ1v) is 8.02. The van der Waals surface area contributed by atoms with Crippen LogP contribution in [0.5, 0.6) is 0 Å². The molecule has 0 amide bonds. The highest BCUT2D eigenvalue weighted by atomic mass is 32.1. The Morgan fingerprint density at radius 1 is 1.23 bits per heavy atom. The van der Waals surface area contributed by atoms with Gasteiger partial charge in [-0.05, 0) is 25.5 Å². The van der Waals surface area contributed by atoms with Gasteiger partial charge in [0.2, 0.25) is 0 Å². The topological polar surface area (TPSA) is 57.9 Å². The molecule has 1 aromatic heterocycles. The standard InChI is InChI=1S/C18H15NO2S/c1-11-7-8-16(22-11)13-9-14(13)18(21)15(10-19)17(20)12-5-3-2-4-6-12/h2-8,13-15H,9H2,1H3/t13-,14+,15-/m1/s1. The Kier molecular flexibility index (Phi) is 3.91. The second-order valence-corrected chi connectivity index (χ2v) is 6.91. The van der Waals surface area contributed by atoms with Crippen molar-refractivity contribution in [3.8, 4) is 6.07 Å². The molecule has 22 heavy (non-hydrogen) atoms. The van der Waals surface area contributed by atoms with Gasteiger partial charge >= 0.3 is 0 Å². The molecule has 0 spiro atoms. The summed E-state index contributed by atoms with van der Waals surface area (Å²) in [5.74, 6) is -1.80. The summed E-state index contributed by atoms with van der Waals surface area (Å²) >= 11 is 1.68. The van der Waals surface area contributed by atoms with Crippen LogP contribution < -0.4 is 0 Å². The lowest BCUT2D eigenvalue weighted by Gasteiger charge is -2.07. The molecule has 0 radical (unpaired) electrons. The van der Waals surface area contributed by atoms with E-state index >= 15 is 0 Å².